The lowest BCUT2D eigenvalue weighted by atomic mass is 10.1. The van der Waals surface area contributed by atoms with Crippen LogP contribution in [0.3, 0.4) is 0 Å². The van der Waals surface area contributed by atoms with Crippen molar-refractivity contribution < 1.29 is 9.53 Å². The third kappa shape index (κ3) is 3.52. The average Bonchev–Trinajstić information content (AvgIpc) is 3.17. The van der Waals surface area contributed by atoms with Gasteiger partial charge in [-0.15, -0.1) is 0 Å². The fourth-order valence-corrected chi connectivity index (χ4v) is 2.88. The molecule has 0 spiro atoms. The van der Waals surface area contributed by atoms with Crippen LogP contribution in [-0.2, 0) is 6.42 Å². The lowest BCUT2D eigenvalue weighted by Crippen LogP contribution is -2.26. The zero-order valence-electron chi connectivity index (χ0n) is 15.2. The molecule has 0 aliphatic carbocycles. The lowest BCUT2D eigenvalue weighted by Gasteiger charge is -2.07. The number of H-pyrrole nitrogens is 1. The van der Waals surface area contributed by atoms with Crippen LogP contribution in [0.5, 0.6) is 5.75 Å². The van der Waals surface area contributed by atoms with Crippen LogP contribution in [0.1, 0.15) is 16.2 Å². The van der Waals surface area contributed by atoms with Crippen LogP contribution in [0.15, 0.2) is 54.9 Å². The number of amides is 1. The molecule has 3 aromatic heterocycles. The summed E-state index contributed by atoms with van der Waals surface area (Å²) in [4.78, 5) is 25.4. The summed E-state index contributed by atoms with van der Waals surface area (Å²) in [6.07, 6.45) is 3.79. The van der Waals surface area contributed by atoms with Crippen LogP contribution < -0.4 is 10.1 Å². The molecule has 140 valence electrons. The van der Waals surface area contributed by atoms with Crippen molar-refractivity contribution >= 4 is 17.1 Å². The third-order valence-electron chi connectivity index (χ3n) is 4.27. The zero-order valence-corrected chi connectivity index (χ0v) is 15.2. The highest BCUT2D eigenvalue weighted by Crippen LogP contribution is 2.31. The number of hydrogen-bond donors (Lipinski definition) is 2. The van der Waals surface area contributed by atoms with Crippen molar-refractivity contribution in [1.29, 1.82) is 0 Å². The number of aromatic amines is 1. The number of methoxy groups -OCH3 is 1. The Kier molecular flexibility index (Phi) is 4.92. The van der Waals surface area contributed by atoms with Gasteiger partial charge in [0.25, 0.3) is 5.91 Å². The van der Waals surface area contributed by atoms with Crippen LogP contribution in [-0.4, -0.2) is 44.7 Å². The molecule has 4 aromatic rings. The minimum atomic E-state index is -0.294. The van der Waals surface area contributed by atoms with E-state index < -0.39 is 0 Å². The van der Waals surface area contributed by atoms with Gasteiger partial charge in [0.1, 0.15) is 17.0 Å². The molecule has 0 aliphatic rings. The highest BCUT2D eigenvalue weighted by atomic mass is 16.5. The number of hydrogen-bond acceptors (Lipinski definition) is 6. The van der Waals surface area contributed by atoms with Gasteiger partial charge >= 0.3 is 0 Å². The molecule has 4 rings (SSSR count). The number of para-hydroxylation sites is 1. The van der Waals surface area contributed by atoms with E-state index in [0.29, 0.717) is 35.6 Å². The molecule has 3 heterocycles. The number of carbonyl (C=O) groups excluding carboxylic acids is 1. The second-order valence-electron chi connectivity index (χ2n) is 6.05. The summed E-state index contributed by atoms with van der Waals surface area (Å²) >= 11 is 0. The van der Waals surface area contributed by atoms with Crippen LogP contribution in [0, 0.1) is 0 Å². The Labute approximate surface area is 161 Å². The van der Waals surface area contributed by atoms with E-state index in [4.69, 9.17) is 4.74 Å². The van der Waals surface area contributed by atoms with Gasteiger partial charge in [-0.3, -0.25) is 14.9 Å². The number of nitrogens with one attached hydrogen (secondary N) is 2. The van der Waals surface area contributed by atoms with Crippen LogP contribution >= 0.6 is 0 Å². The summed E-state index contributed by atoms with van der Waals surface area (Å²) < 4.78 is 5.41. The van der Waals surface area contributed by atoms with Crippen molar-refractivity contribution in [2.24, 2.45) is 0 Å². The van der Waals surface area contributed by atoms with E-state index in [1.807, 2.05) is 42.5 Å². The molecule has 0 fully saturated rings. The molecule has 1 aromatic carbocycles. The predicted molar refractivity (Wildman–Crippen MR) is 104 cm³/mol. The Morgan fingerprint density at radius 1 is 1.14 bits per heavy atom. The van der Waals surface area contributed by atoms with Crippen molar-refractivity contribution in [3.63, 3.8) is 0 Å². The van der Waals surface area contributed by atoms with Crippen LogP contribution in [0.4, 0.5) is 0 Å². The number of fused-ring (bicyclic) bond motifs is 1. The van der Waals surface area contributed by atoms with Gasteiger partial charge in [0.2, 0.25) is 0 Å². The largest absolute Gasteiger partial charge is 0.496 e. The summed E-state index contributed by atoms with van der Waals surface area (Å²) in [6.45, 7) is 0.459. The van der Waals surface area contributed by atoms with Crippen LogP contribution in [0.25, 0.3) is 22.4 Å². The average molecular weight is 374 g/mol. The number of nitrogens with zero attached hydrogens (tertiary/aromatic N) is 4. The summed E-state index contributed by atoms with van der Waals surface area (Å²) in [5.74, 6) is 0.387. The van der Waals surface area contributed by atoms with Gasteiger partial charge in [-0.25, -0.2) is 9.97 Å². The van der Waals surface area contributed by atoms with Crippen molar-refractivity contribution in [2.75, 3.05) is 13.7 Å². The molecule has 1 amide bonds. The first-order chi connectivity index (χ1) is 13.8. The number of benzene rings is 1. The molecule has 0 atom stereocenters. The molecule has 8 heteroatoms. The molecule has 28 heavy (non-hydrogen) atoms. The first kappa shape index (κ1) is 17.6. The summed E-state index contributed by atoms with van der Waals surface area (Å²) in [5.41, 5.74) is 3.55. The minimum Gasteiger partial charge on any atom is -0.496 e. The standard InChI is InChI=1S/C20H18N6O2/c1-28-16-8-3-2-7-14(16)17-18-19(26-25-17)23-12-15(24-18)20(27)22-11-9-13-6-4-5-10-21-13/h2-8,10,12H,9,11H2,1H3,(H,22,27)(H,23,25,26). The number of carbonyl (C=O) groups is 1. The summed E-state index contributed by atoms with van der Waals surface area (Å²) in [5, 5.41) is 9.97. The molecule has 0 radical (unpaired) electrons. The van der Waals surface area contributed by atoms with Gasteiger partial charge in [0.05, 0.1) is 19.0 Å². The molecule has 2 N–H and O–H groups in total. The number of aromatic nitrogens is 5. The lowest BCUT2D eigenvalue weighted by molar-refractivity contribution is 0.0949. The van der Waals surface area contributed by atoms with Gasteiger partial charge in [-0.05, 0) is 24.3 Å². The molecule has 8 nitrogen and oxygen atoms in total. The highest BCUT2D eigenvalue weighted by Gasteiger charge is 2.16. The second-order valence-corrected chi connectivity index (χ2v) is 6.05. The topological polar surface area (TPSA) is 106 Å². The van der Waals surface area contributed by atoms with Crippen molar-refractivity contribution in [1.82, 2.24) is 30.5 Å². The maximum Gasteiger partial charge on any atom is 0.271 e. The number of rotatable bonds is 6. The SMILES string of the molecule is COc1ccccc1-c1[nH]nc2ncc(C(=O)NCCc3ccccn3)nc12. The minimum absolute atomic E-state index is 0.228. The van der Waals surface area contributed by atoms with Gasteiger partial charge in [0, 0.05) is 30.4 Å². The van der Waals surface area contributed by atoms with E-state index in [9.17, 15) is 4.79 Å². The van der Waals surface area contributed by atoms with Crippen molar-refractivity contribution in [3.8, 4) is 17.0 Å². The maximum atomic E-state index is 12.5. The van der Waals surface area contributed by atoms with Crippen molar-refractivity contribution in [3.05, 3.63) is 66.2 Å². The van der Waals surface area contributed by atoms with Gasteiger partial charge in [-0.1, -0.05) is 18.2 Å². The van der Waals surface area contributed by atoms with E-state index in [1.54, 1.807) is 13.3 Å². The number of pyridine rings is 1. The Morgan fingerprint density at radius 2 is 2.00 bits per heavy atom. The van der Waals surface area contributed by atoms with Crippen LogP contribution in [0.2, 0.25) is 0 Å². The first-order valence-electron chi connectivity index (χ1n) is 8.79. The third-order valence-corrected chi connectivity index (χ3v) is 4.27. The normalized spacial score (nSPS) is 10.8. The van der Waals surface area contributed by atoms with E-state index in [0.717, 1.165) is 11.3 Å². The van der Waals surface area contributed by atoms with Gasteiger partial charge in [-0.2, -0.15) is 5.10 Å². The van der Waals surface area contributed by atoms with Gasteiger partial charge < -0.3 is 10.1 Å². The van der Waals surface area contributed by atoms with E-state index in [2.05, 4.69) is 30.5 Å². The monoisotopic (exact) mass is 374 g/mol. The van der Waals surface area contributed by atoms with E-state index >= 15 is 0 Å². The molecular weight excluding hydrogens is 356 g/mol. The van der Waals surface area contributed by atoms with Crippen molar-refractivity contribution in [2.45, 2.75) is 6.42 Å². The Hall–Kier alpha value is -3.81. The number of ether oxygens (including phenoxy) is 1. The molecular formula is C20H18N6O2. The Bertz CT molecular complexity index is 1110. The molecule has 0 aliphatic heterocycles. The van der Waals surface area contributed by atoms with Gasteiger partial charge in [0.15, 0.2) is 5.65 Å². The first-order valence-corrected chi connectivity index (χ1v) is 8.79. The predicted octanol–water partition coefficient (Wildman–Crippen LogP) is 2.40. The second kappa shape index (κ2) is 7.83. The fourth-order valence-electron chi connectivity index (χ4n) is 2.88. The molecule has 0 bridgehead atoms. The van der Waals surface area contributed by atoms with E-state index in [1.165, 1.54) is 6.20 Å². The zero-order chi connectivity index (χ0) is 19.3. The Morgan fingerprint density at radius 3 is 2.82 bits per heavy atom. The quantitative estimate of drug-likeness (QED) is 0.537. The molecule has 0 saturated carbocycles. The molecule has 0 saturated heterocycles. The molecule has 0 unspecified atom stereocenters. The highest BCUT2D eigenvalue weighted by molar-refractivity contribution is 5.96. The Balaban J connectivity index is 1.56. The smallest absolute Gasteiger partial charge is 0.271 e. The van der Waals surface area contributed by atoms with E-state index in [-0.39, 0.29) is 11.6 Å². The summed E-state index contributed by atoms with van der Waals surface area (Å²) in [6, 6.07) is 13.2. The summed E-state index contributed by atoms with van der Waals surface area (Å²) in [7, 11) is 1.60. The fraction of sp³-hybridized carbons (Fsp3) is 0.150. The maximum absolute atomic E-state index is 12.5.